The molecule has 2 aromatic carbocycles. The maximum Gasteiger partial charge on any atom is 0.339 e. The van der Waals surface area contributed by atoms with Crippen LogP contribution in [0, 0.1) is 6.92 Å². The molecule has 27 heavy (non-hydrogen) atoms. The van der Waals surface area contributed by atoms with Crippen LogP contribution in [0.2, 0.25) is 0 Å². The van der Waals surface area contributed by atoms with E-state index in [4.69, 9.17) is 4.74 Å². The number of hydrogen-bond acceptors (Lipinski definition) is 6. The fourth-order valence-electron chi connectivity index (χ4n) is 2.50. The molecule has 6 heteroatoms. The summed E-state index contributed by atoms with van der Waals surface area (Å²) in [6.45, 7) is 3.56. The monoisotopic (exact) mass is 397 g/mol. The first-order valence-electron chi connectivity index (χ1n) is 8.47. The number of hydrogen-bond donors (Lipinski definition) is 0. The Labute approximate surface area is 166 Å². The Kier molecular flexibility index (Phi) is 6.42. The Morgan fingerprint density at radius 1 is 1.11 bits per heavy atom. The molecule has 3 aromatic rings. The second-order valence-electron chi connectivity index (χ2n) is 5.98. The third kappa shape index (κ3) is 5.05. The van der Waals surface area contributed by atoms with Gasteiger partial charge in [0.25, 0.3) is 0 Å². The lowest BCUT2D eigenvalue weighted by atomic mass is 10.1. The summed E-state index contributed by atoms with van der Waals surface area (Å²) < 4.78 is 6.40. The van der Waals surface area contributed by atoms with Crippen molar-refractivity contribution < 1.29 is 14.3 Å². The molecule has 0 saturated carbocycles. The number of nitrogens with zero attached hydrogens (tertiary/aromatic N) is 1. The maximum absolute atomic E-state index is 12.6. The first-order chi connectivity index (χ1) is 13.0. The van der Waals surface area contributed by atoms with Crippen LogP contribution in [0.3, 0.4) is 0 Å². The highest BCUT2D eigenvalue weighted by atomic mass is 32.2. The van der Waals surface area contributed by atoms with Crippen LogP contribution in [-0.2, 0) is 10.5 Å². The van der Waals surface area contributed by atoms with Crippen LogP contribution in [0.1, 0.15) is 38.9 Å². The zero-order valence-corrected chi connectivity index (χ0v) is 16.7. The minimum absolute atomic E-state index is 0.214. The van der Waals surface area contributed by atoms with Gasteiger partial charge in [-0.05, 0) is 25.5 Å². The predicted molar refractivity (Wildman–Crippen MR) is 109 cm³/mol. The zero-order valence-electron chi connectivity index (χ0n) is 15.0. The van der Waals surface area contributed by atoms with Crippen molar-refractivity contribution in [3.8, 4) is 0 Å². The summed E-state index contributed by atoms with van der Waals surface area (Å²) in [5.74, 6) is -0.0912. The summed E-state index contributed by atoms with van der Waals surface area (Å²) >= 11 is 3.17. The van der Waals surface area contributed by atoms with Crippen LogP contribution >= 0.6 is 23.1 Å². The molecule has 1 unspecified atom stereocenters. The maximum atomic E-state index is 12.6. The van der Waals surface area contributed by atoms with Gasteiger partial charge < -0.3 is 4.74 Å². The van der Waals surface area contributed by atoms with Gasteiger partial charge in [0.2, 0.25) is 5.78 Å². The molecule has 0 aliphatic carbocycles. The van der Waals surface area contributed by atoms with Gasteiger partial charge in [0.15, 0.2) is 6.10 Å². The molecule has 0 aliphatic heterocycles. The number of rotatable bonds is 7. The number of ether oxygens (including phenoxy) is 1. The van der Waals surface area contributed by atoms with Crippen LogP contribution in [0.5, 0.6) is 0 Å². The number of thiazole rings is 1. The summed E-state index contributed by atoms with van der Waals surface area (Å²) in [5.41, 5.74) is 2.86. The average Bonchev–Trinajstić information content (AvgIpc) is 3.11. The third-order valence-electron chi connectivity index (χ3n) is 3.90. The van der Waals surface area contributed by atoms with E-state index in [0.29, 0.717) is 16.9 Å². The highest BCUT2D eigenvalue weighted by Gasteiger charge is 2.21. The lowest BCUT2D eigenvalue weighted by Crippen LogP contribution is -2.24. The van der Waals surface area contributed by atoms with E-state index in [1.54, 1.807) is 66.4 Å². The average molecular weight is 398 g/mol. The third-order valence-corrected chi connectivity index (χ3v) is 6.09. The van der Waals surface area contributed by atoms with Crippen molar-refractivity contribution in [1.29, 1.82) is 0 Å². The van der Waals surface area contributed by atoms with Crippen LogP contribution in [0.25, 0.3) is 0 Å². The molecule has 0 amide bonds. The molecule has 1 heterocycles. The van der Waals surface area contributed by atoms with Gasteiger partial charge >= 0.3 is 5.97 Å². The highest BCUT2D eigenvalue weighted by molar-refractivity contribution is 8.00. The number of Topliss-reactive ketones (excluding diaryl/α,β-unsaturated/α-hetero) is 1. The van der Waals surface area contributed by atoms with Gasteiger partial charge in [-0.2, -0.15) is 0 Å². The molecule has 4 nitrogen and oxygen atoms in total. The molecule has 1 atom stereocenters. The topological polar surface area (TPSA) is 56.3 Å². The largest absolute Gasteiger partial charge is 0.451 e. The molecule has 1 aromatic heterocycles. The number of carbonyl (C=O) groups is 2. The molecule has 3 rings (SSSR count). The second-order valence-corrected chi connectivity index (χ2v) is 8.06. The molecule has 0 radical (unpaired) electrons. The number of aryl methyl sites for hydroxylation is 1. The summed E-state index contributed by atoms with van der Waals surface area (Å²) in [6, 6.07) is 16.1. The molecular weight excluding hydrogens is 378 g/mol. The zero-order chi connectivity index (χ0) is 19.2. The minimum atomic E-state index is -0.845. The Hall–Kier alpha value is -2.44. The van der Waals surface area contributed by atoms with Gasteiger partial charge in [-0.3, -0.25) is 4.79 Å². The number of esters is 1. The van der Waals surface area contributed by atoms with Crippen LogP contribution in [-0.4, -0.2) is 22.8 Å². The molecule has 0 bridgehead atoms. The van der Waals surface area contributed by atoms with E-state index in [-0.39, 0.29) is 5.78 Å². The van der Waals surface area contributed by atoms with Crippen molar-refractivity contribution in [3.05, 3.63) is 82.4 Å². The molecular formula is C21H19NO3S2. The van der Waals surface area contributed by atoms with Crippen LogP contribution in [0.4, 0.5) is 0 Å². The first kappa shape index (κ1) is 19.3. The van der Waals surface area contributed by atoms with Gasteiger partial charge in [0, 0.05) is 22.4 Å². The Balaban J connectivity index is 1.68. The van der Waals surface area contributed by atoms with Crippen molar-refractivity contribution in [3.63, 3.8) is 0 Å². The van der Waals surface area contributed by atoms with Crippen LogP contribution in [0.15, 0.2) is 64.3 Å². The van der Waals surface area contributed by atoms with Gasteiger partial charge in [-0.15, -0.1) is 11.3 Å². The first-order valence-corrected chi connectivity index (χ1v) is 10.3. The number of thioether (sulfide) groups is 1. The lowest BCUT2D eigenvalue weighted by Gasteiger charge is -2.14. The number of ketones is 1. The Bertz CT molecular complexity index is 937. The summed E-state index contributed by atoms with van der Waals surface area (Å²) in [4.78, 5) is 29.5. The van der Waals surface area contributed by atoms with E-state index in [1.165, 1.54) is 0 Å². The van der Waals surface area contributed by atoms with Crippen molar-refractivity contribution in [2.75, 3.05) is 0 Å². The molecule has 0 N–H and O–H groups in total. The molecule has 138 valence electrons. The molecule has 0 saturated heterocycles. The molecule has 0 spiro atoms. The van der Waals surface area contributed by atoms with Crippen LogP contribution < -0.4 is 0 Å². The van der Waals surface area contributed by atoms with Gasteiger partial charge in [-0.1, -0.05) is 60.3 Å². The summed E-state index contributed by atoms with van der Waals surface area (Å²) in [6.07, 6.45) is -0.845. The highest BCUT2D eigenvalue weighted by Crippen LogP contribution is 2.27. The summed E-state index contributed by atoms with van der Waals surface area (Å²) in [7, 11) is 0. The van der Waals surface area contributed by atoms with Crippen molar-refractivity contribution in [2.24, 2.45) is 0 Å². The molecule has 0 aliphatic rings. The van der Waals surface area contributed by atoms with E-state index < -0.39 is 12.1 Å². The minimum Gasteiger partial charge on any atom is -0.451 e. The predicted octanol–water partition coefficient (Wildman–Crippen LogP) is 5.17. The van der Waals surface area contributed by atoms with Crippen molar-refractivity contribution in [1.82, 2.24) is 4.98 Å². The standard InChI is InChI=1S/C21H19NO3S2/c1-14-12-26-21(22-14)27-13-17-10-6-7-11-18(17)20(24)25-15(2)19(23)16-8-4-3-5-9-16/h3-12,15H,13H2,1-2H3. The van der Waals surface area contributed by atoms with Gasteiger partial charge in [0.05, 0.1) is 5.56 Å². The van der Waals surface area contributed by atoms with Crippen molar-refractivity contribution >= 4 is 34.9 Å². The molecule has 0 fully saturated rings. The number of carbonyl (C=O) groups excluding carboxylic acids is 2. The normalized spacial score (nSPS) is 11.8. The van der Waals surface area contributed by atoms with Gasteiger partial charge in [-0.25, -0.2) is 9.78 Å². The van der Waals surface area contributed by atoms with E-state index in [9.17, 15) is 9.59 Å². The summed E-state index contributed by atoms with van der Waals surface area (Å²) in [5, 5.41) is 2.00. The van der Waals surface area contributed by atoms with E-state index >= 15 is 0 Å². The Morgan fingerprint density at radius 2 is 1.81 bits per heavy atom. The fourth-order valence-corrected chi connectivity index (χ4v) is 4.35. The van der Waals surface area contributed by atoms with E-state index in [1.807, 2.05) is 30.5 Å². The van der Waals surface area contributed by atoms with Gasteiger partial charge in [0.1, 0.15) is 4.34 Å². The quantitative estimate of drug-likeness (QED) is 0.313. The Morgan fingerprint density at radius 3 is 2.52 bits per heavy atom. The number of aromatic nitrogens is 1. The smallest absolute Gasteiger partial charge is 0.339 e. The second kappa shape index (κ2) is 8.97. The van der Waals surface area contributed by atoms with Crippen molar-refractivity contribution in [2.45, 2.75) is 30.0 Å². The number of benzene rings is 2. The lowest BCUT2D eigenvalue weighted by molar-refractivity contribution is 0.0318. The SMILES string of the molecule is Cc1csc(SCc2ccccc2C(=O)OC(C)C(=O)c2ccccc2)n1. The fraction of sp³-hybridized carbons (Fsp3) is 0.190. The van der Waals surface area contributed by atoms with E-state index in [0.717, 1.165) is 15.6 Å². The van der Waals surface area contributed by atoms with E-state index in [2.05, 4.69) is 4.98 Å².